The van der Waals surface area contributed by atoms with Crippen molar-refractivity contribution in [2.45, 2.75) is 12.7 Å². The van der Waals surface area contributed by atoms with E-state index in [0.717, 1.165) is 11.3 Å². The maximum Gasteiger partial charge on any atom is 0.236 e. The minimum atomic E-state index is -0.144. The molecule has 0 radical (unpaired) electrons. The summed E-state index contributed by atoms with van der Waals surface area (Å²) < 4.78 is 16.3. The highest BCUT2D eigenvalue weighted by Crippen LogP contribution is 2.14. The molecule has 3 rings (SSSR count). The summed E-state index contributed by atoms with van der Waals surface area (Å²) in [6, 6.07) is 7.53. The molecule has 8 heteroatoms. The fourth-order valence-corrected chi connectivity index (χ4v) is 2.66. The van der Waals surface area contributed by atoms with E-state index in [1.54, 1.807) is 6.21 Å². The smallest absolute Gasteiger partial charge is 0.236 e. The van der Waals surface area contributed by atoms with E-state index < -0.39 is 0 Å². The minimum Gasteiger partial charge on any atom is -0.493 e. The number of benzene rings is 1. The highest BCUT2D eigenvalue weighted by atomic mass is 32.2. The van der Waals surface area contributed by atoms with Crippen molar-refractivity contribution < 1.29 is 19.0 Å². The predicted molar refractivity (Wildman–Crippen MR) is 87.9 cm³/mol. The van der Waals surface area contributed by atoms with Crippen LogP contribution in [0.15, 0.2) is 34.5 Å². The van der Waals surface area contributed by atoms with Gasteiger partial charge in [0.15, 0.2) is 11.5 Å². The lowest BCUT2D eigenvalue weighted by molar-refractivity contribution is -0.116. The Morgan fingerprint density at radius 1 is 1.30 bits per heavy atom. The van der Waals surface area contributed by atoms with Gasteiger partial charge in [-0.2, -0.15) is 5.10 Å². The van der Waals surface area contributed by atoms with Gasteiger partial charge in [0.2, 0.25) is 5.91 Å². The van der Waals surface area contributed by atoms with Gasteiger partial charge in [0, 0.05) is 6.42 Å². The van der Waals surface area contributed by atoms with Gasteiger partial charge < -0.3 is 19.5 Å². The van der Waals surface area contributed by atoms with Crippen molar-refractivity contribution in [1.29, 1.82) is 0 Å². The summed E-state index contributed by atoms with van der Waals surface area (Å²) in [6.45, 7) is 1.86. The summed E-state index contributed by atoms with van der Waals surface area (Å²) in [4.78, 5) is 11.0. The molecule has 0 unspecified atom stereocenters. The third-order valence-electron chi connectivity index (χ3n) is 3.13. The molecule has 1 aromatic carbocycles. The fourth-order valence-electron chi connectivity index (χ4n) is 2.02. The molecule has 0 aliphatic carbocycles. The highest BCUT2D eigenvalue weighted by molar-refractivity contribution is 8.15. The third kappa shape index (κ3) is 5.05. The minimum absolute atomic E-state index is 0.0427. The van der Waals surface area contributed by atoms with Crippen LogP contribution in [-0.4, -0.2) is 49.2 Å². The quantitative estimate of drug-likeness (QED) is 0.627. The van der Waals surface area contributed by atoms with Crippen LogP contribution in [0, 0.1) is 0 Å². The number of ether oxygens (including phenoxy) is 3. The second kappa shape index (κ2) is 8.09. The number of carbonyl (C=O) groups is 1. The number of amides is 1. The van der Waals surface area contributed by atoms with E-state index in [4.69, 9.17) is 14.2 Å². The second-order valence-corrected chi connectivity index (χ2v) is 5.83. The molecule has 122 valence electrons. The zero-order valence-corrected chi connectivity index (χ0v) is 13.3. The lowest BCUT2D eigenvalue weighted by atomic mass is 10.2. The molecule has 0 bridgehead atoms. The van der Waals surface area contributed by atoms with E-state index >= 15 is 0 Å². The lowest BCUT2D eigenvalue weighted by Crippen LogP contribution is -2.19. The Hall–Kier alpha value is -1.90. The molecule has 0 saturated carbocycles. The number of nitrogens with one attached hydrogen (secondary N) is 1. The lowest BCUT2D eigenvalue weighted by Gasteiger charge is -2.10. The molecular formula is C15H17N3O4S. The number of hydrogen-bond donors (Lipinski definition) is 1. The fraction of sp³-hybridized carbons (Fsp3) is 0.400. The molecule has 7 nitrogen and oxygen atoms in total. The summed E-state index contributed by atoms with van der Waals surface area (Å²) in [5, 5.41) is 11.0. The third-order valence-corrected chi connectivity index (χ3v) is 4.00. The molecule has 0 aromatic heterocycles. The topological polar surface area (TPSA) is 81.5 Å². The maximum absolute atomic E-state index is 11.0. The van der Waals surface area contributed by atoms with Gasteiger partial charge in [0.05, 0.1) is 31.8 Å². The van der Waals surface area contributed by atoms with Crippen molar-refractivity contribution in [1.82, 2.24) is 5.32 Å². The van der Waals surface area contributed by atoms with Crippen molar-refractivity contribution in [3.05, 3.63) is 29.8 Å². The van der Waals surface area contributed by atoms with Crippen LogP contribution in [0.3, 0.4) is 0 Å². The summed E-state index contributed by atoms with van der Waals surface area (Å²) in [5.74, 6) is 1.14. The van der Waals surface area contributed by atoms with E-state index in [1.165, 1.54) is 11.8 Å². The number of hydrogen-bond acceptors (Lipinski definition) is 7. The largest absolute Gasteiger partial charge is 0.493 e. The van der Waals surface area contributed by atoms with Crippen LogP contribution in [-0.2, 0) is 14.3 Å². The first-order valence-electron chi connectivity index (χ1n) is 7.29. The van der Waals surface area contributed by atoms with Crippen molar-refractivity contribution in [2.24, 2.45) is 10.2 Å². The summed E-state index contributed by atoms with van der Waals surface area (Å²) >= 11 is 1.34. The van der Waals surface area contributed by atoms with Gasteiger partial charge in [-0.1, -0.05) is 11.8 Å². The van der Waals surface area contributed by atoms with Crippen LogP contribution in [0.1, 0.15) is 12.0 Å². The van der Waals surface area contributed by atoms with Crippen molar-refractivity contribution in [2.75, 3.05) is 25.6 Å². The SMILES string of the molecule is O=C1CSC(=NN=Cc2ccc(OCCC3OCCO3)cc2)N1. The van der Waals surface area contributed by atoms with Crippen LogP contribution >= 0.6 is 11.8 Å². The Morgan fingerprint density at radius 3 is 2.78 bits per heavy atom. The molecule has 0 atom stereocenters. The molecule has 2 aliphatic heterocycles. The van der Waals surface area contributed by atoms with Gasteiger partial charge in [-0.25, -0.2) is 0 Å². The van der Waals surface area contributed by atoms with Crippen LogP contribution in [0.25, 0.3) is 0 Å². The monoisotopic (exact) mass is 335 g/mol. The number of thioether (sulfide) groups is 1. The zero-order valence-electron chi connectivity index (χ0n) is 12.4. The molecule has 1 amide bonds. The van der Waals surface area contributed by atoms with Crippen LogP contribution in [0.4, 0.5) is 0 Å². The Morgan fingerprint density at radius 2 is 2.09 bits per heavy atom. The van der Waals surface area contributed by atoms with Gasteiger partial charge in [-0.05, 0) is 29.8 Å². The maximum atomic E-state index is 11.0. The van der Waals surface area contributed by atoms with Gasteiger partial charge in [0.25, 0.3) is 0 Å². The summed E-state index contributed by atoms with van der Waals surface area (Å²) in [5.41, 5.74) is 0.901. The number of carbonyl (C=O) groups excluding carboxylic acids is 1. The van der Waals surface area contributed by atoms with Gasteiger partial charge in [-0.15, -0.1) is 5.10 Å². The van der Waals surface area contributed by atoms with Gasteiger partial charge in [-0.3, -0.25) is 4.79 Å². The van der Waals surface area contributed by atoms with E-state index in [0.29, 0.717) is 37.2 Å². The normalized spacial score (nSPS) is 20.5. The molecular weight excluding hydrogens is 318 g/mol. The number of nitrogens with zero attached hydrogens (tertiary/aromatic N) is 2. The molecule has 1 aromatic rings. The van der Waals surface area contributed by atoms with E-state index in [1.807, 2.05) is 24.3 Å². The van der Waals surface area contributed by atoms with Crippen LogP contribution in [0.2, 0.25) is 0 Å². The predicted octanol–water partition coefficient (Wildman–Crippen LogP) is 1.38. The summed E-state index contributed by atoms with van der Waals surface area (Å²) in [6.07, 6.45) is 2.20. The Bertz CT molecular complexity index is 597. The first kappa shape index (κ1) is 16.0. The first-order chi connectivity index (χ1) is 11.3. The van der Waals surface area contributed by atoms with Crippen molar-refractivity contribution >= 4 is 29.1 Å². The highest BCUT2D eigenvalue weighted by Gasteiger charge is 2.16. The number of rotatable bonds is 6. The molecule has 2 fully saturated rings. The average molecular weight is 335 g/mol. The zero-order chi connectivity index (χ0) is 15.9. The standard InChI is InChI=1S/C15H17N3O4S/c19-13-10-23-15(17-13)18-16-9-11-1-3-12(4-2-11)20-6-5-14-21-7-8-22-14/h1-4,9,14H,5-8,10H2,(H,17,18,19). The van der Waals surface area contributed by atoms with E-state index in [2.05, 4.69) is 15.5 Å². The number of amidine groups is 1. The first-order valence-corrected chi connectivity index (χ1v) is 8.28. The van der Waals surface area contributed by atoms with Crippen molar-refractivity contribution in [3.8, 4) is 5.75 Å². The van der Waals surface area contributed by atoms with Gasteiger partial charge in [0.1, 0.15) is 5.75 Å². The molecule has 0 spiro atoms. The Kier molecular flexibility index (Phi) is 5.62. The molecule has 2 saturated heterocycles. The molecule has 1 N–H and O–H groups in total. The average Bonchev–Trinajstić information content (AvgIpc) is 3.21. The Labute approximate surface area is 138 Å². The van der Waals surface area contributed by atoms with Crippen LogP contribution < -0.4 is 10.1 Å². The molecule has 2 heterocycles. The van der Waals surface area contributed by atoms with Gasteiger partial charge >= 0.3 is 0 Å². The Balaban J connectivity index is 1.44. The van der Waals surface area contributed by atoms with E-state index in [9.17, 15) is 4.79 Å². The van der Waals surface area contributed by atoms with Crippen LogP contribution in [0.5, 0.6) is 5.75 Å². The molecule has 23 heavy (non-hydrogen) atoms. The molecule has 2 aliphatic rings. The van der Waals surface area contributed by atoms with E-state index in [-0.39, 0.29) is 12.2 Å². The second-order valence-electron chi connectivity index (χ2n) is 4.86. The summed E-state index contributed by atoms with van der Waals surface area (Å²) in [7, 11) is 0. The van der Waals surface area contributed by atoms with Crippen molar-refractivity contribution in [3.63, 3.8) is 0 Å².